The molecule has 0 aromatic heterocycles. The molecule has 1 aromatic carbocycles. The first-order valence-electron chi connectivity index (χ1n) is 7.65. The number of benzene rings is 1. The highest BCUT2D eigenvalue weighted by atomic mass is 32.2. The highest BCUT2D eigenvalue weighted by Crippen LogP contribution is 2.43. The maximum absolute atomic E-state index is 11.5. The number of nitrogens with one attached hydrogen (secondary N) is 1. The molecule has 0 radical (unpaired) electrons. The molecule has 2 bridgehead atoms. The standard InChI is InChI=1S/C17H23NO2S/c1-12(14-5-7-17(8-6-14)21(2,19)20)18-11-16-10-13-3-4-15(16)9-13/h3-8,12-13,15-16,18H,9-11H2,1-2H3/t12-,13-,15-,16-/m0/s1. The average Bonchev–Trinajstić information content (AvgIpc) is 3.06. The Balaban J connectivity index is 1.58. The summed E-state index contributed by atoms with van der Waals surface area (Å²) >= 11 is 0. The quantitative estimate of drug-likeness (QED) is 0.851. The van der Waals surface area contributed by atoms with Crippen molar-refractivity contribution in [3.05, 3.63) is 42.0 Å². The number of hydrogen-bond acceptors (Lipinski definition) is 3. The number of fused-ring (bicyclic) bond motifs is 2. The van der Waals surface area contributed by atoms with Gasteiger partial charge in [-0.1, -0.05) is 24.3 Å². The summed E-state index contributed by atoms with van der Waals surface area (Å²) < 4.78 is 22.9. The minimum Gasteiger partial charge on any atom is -0.310 e. The van der Waals surface area contributed by atoms with Crippen molar-refractivity contribution >= 4 is 9.84 Å². The predicted molar refractivity (Wildman–Crippen MR) is 84.8 cm³/mol. The van der Waals surface area contributed by atoms with Crippen LogP contribution in [-0.4, -0.2) is 21.2 Å². The Kier molecular flexibility index (Phi) is 3.93. The first kappa shape index (κ1) is 14.8. The summed E-state index contributed by atoms with van der Waals surface area (Å²) in [6.07, 6.45) is 8.64. The summed E-state index contributed by atoms with van der Waals surface area (Å²) in [5, 5.41) is 3.60. The fraction of sp³-hybridized carbons (Fsp3) is 0.529. The van der Waals surface area contributed by atoms with Crippen molar-refractivity contribution in [1.82, 2.24) is 5.32 Å². The fourth-order valence-corrected chi connectivity index (χ4v) is 4.21. The van der Waals surface area contributed by atoms with Gasteiger partial charge >= 0.3 is 0 Å². The number of rotatable bonds is 5. The largest absolute Gasteiger partial charge is 0.310 e. The molecule has 1 aromatic rings. The van der Waals surface area contributed by atoms with Gasteiger partial charge in [-0.3, -0.25) is 0 Å². The second kappa shape index (κ2) is 5.58. The van der Waals surface area contributed by atoms with E-state index in [1.807, 2.05) is 12.1 Å². The van der Waals surface area contributed by atoms with Crippen molar-refractivity contribution in [2.24, 2.45) is 17.8 Å². The molecule has 0 saturated heterocycles. The van der Waals surface area contributed by atoms with E-state index in [9.17, 15) is 8.42 Å². The zero-order valence-corrected chi connectivity index (χ0v) is 13.4. The molecule has 4 atom stereocenters. The van der Waals surface area contributed by atoms with Crippen LogP contribution in [0.2, 0.25) is 0 Å². The van der Waals surface area contributed by atoms with Gasteiger partial charge in [0.25, 0.3) is 0 Å². The lowest BCUT2D eigenvalue weighted by atomic mass is 9.93. The van der Waals surface area contributed by atoms with Crippen LogP contribution >= 0.6 is 0 Å². The van der Waals surface area contributed by atoms with E-state index in [2.05, 4.69) is 24.4 Å². The van der Waals surface area contributed by atoms with E-state index in [0.29, 0.717) is 4.90 Å². The van der Waals surface area contributed by atoms with Gasteiger partial charge in [-0.05, 0) is 61.8 Å². The van der Waals surface area contributed by atoms with E-state index >= 15 is 0 Å². The highest BCUT2D eigenvalue weighted by molar-refractivity contribution is 7.90. The lowest BCUT2D eigenvalue weighted by Gasteiger charge is -2.22. The Morgan fingerprint density at radius 1 is 1.19 bits per heavy atom. The van der Waals surface area contributed by atoms with Crippen LogP contribution in [0.3, 0.4) is 0 Å². The first-order valence-corrected chi connectivity index (χ1v) is 9.54. The van der Waals surface area contributed by atoms with Crippen molar-refractivity contribution in [3.63, 3.8) is 0 Å². The first-order chi connectivity index (χ1) is 9.93. The minimum absolute atomic E-state index is 0.252. The van der Waals surface area contributed by atoms with Gasteiger partial charge in [0.2, 0.25) is 0 Å². The maximum Gasteiger partial charge on any atom is 0.175 e. The molecule has 3 nitrogen and oxygen atoms in total. The molecule has 0 aliphatic heterocycles. The second-order valence-corrected chi connectivity index (χ2v) is 8.53. The highest BCUT2D eigenvalue weighted by Gasteiger charge is 2.35. The van der Waals surface area contributed by atoms with Crippen molar-refractivity contribution in [2.45, 2.75) is 30.7 Å². The fourth-order valence-electron chi connectivity index (χ4n) is 3.58. The SMILES string of the molecule is C[C@H](NC[C@@H]1C[C@H]2C=C[C@H]1C2)c1ccc(S(C)(=O)=O)cc1. The van der Waals surface area contributed by atoms with E-state index in [0.717, 1.165) is 29.9 Å². The van der Waals surface area contributed by atoms with E-state index in [1.54, 1.807) is 12.1 Å². The molecule has 0 heterocycles. The molecule has 1 N–H and O–H groups in total. The van der Waals surface area contributed by atoms with Crippen LogP contribution in [0.15, 0.2) is 41.3 Å². The Hall–Kier alpha value is -1.13. The van der Waals surface area contributed by atoms with Gasteiger partial charge in [0.15, 0.2) is 9.84 Å². The molecule has 2 aliphatic rings. The van der Waals surface area contributed by atoms with Gasteiger partial charge in [0, 0.05) is 12.3 Å². The van der Waals surface area contributed by atoms with Gasteiger partial charge in [-0.25, -0.2) is 8.42 Å². The average molecular weight is 305 g/mol. The van der Waals surface area contributed by atoms with E-state index < -0.39 is 9.84 Å². The summed E-state index contributed by atoms with van der Waals surface area (Å²) in [6.45, 7) is 3.18. The lowest BCUT2D eigenvalue weighted by Crippen LogP contribution is -2.27. The summed E-state index contributed by atoms with van der Waals surface area (Å²) in [6, 6.07) is 7.47. The third-order valence-corrected chi connectivity index (χ3v) is 6.04. The summed E-state index contributed by atoms with van der Waals surface area (Å²) in [5.41, 5.74) is 1.14. The second-order valence-electron chi connectivity index (χ2n) is 6.51. The molecule has 114 valence electrons. The minimum atomic E-state index is -3.10. The van der Waals surface area contributed by atoms with Crippen molar-refractivity contribution in [2.75, 3.05) is 12.8 Å². The molecular formula is C17H23NO2S. The molecule has 0 amide bonds. The third kappa shape index (κ3) is 3.22. The number of sulfone groups is 1. The van der Waals surface area contributed by atoms with Crippen LogP contribution in [0.5, 0.6) is 0 Å². The van der Waals surface area contributed by atoms with E-state index in [-0.39, 0.29) is 6.04 Å². The van der Waals surface area contributed by atoms with Crippen LogP contribution in [0.4, 0.5) is 0 Å². The van der Waals surface area contributed by atoms with Crippen molar-refractivity contribution in [1.29, 1.82) is 0 Å². The Morgan fingerprint density at radius 2 is 1.90 bits per heavy atom. The monoisotopic (exact) mass is 305 g/mol. The predicted octanol–water partition coefficient (Wildman–Crippen LogP) is 2.95. The molecule has 0 unspecified atom stereocenters. The molecule has 0 spiro atoms. The van der Waals surface area contributed by atoms with E-state index in [1.165, 1.54) is 19.1 Å². The molecule has 1 saturated carbocycles. The summed E-state index contributed by atoms with van der Waals surface area (Å²) in [5.74, 6) is 2.34. The van der Waals surface area contributed by atoms with Gasteiger partial charge in [0.1, 0.15) is 0 Å². The molecular weight excluding hydrogens is 282 g/mol. The topological polar surface area (TPSA) is 46.2 Å². The maximum atomic E-state index is 11.5. The van der Waals surface area contributed by atoms with Crippen LogP contribution in [0.25, 0.3) is 0 Å². The van der Waals surface area contributed by atoms with Crippen LogP contribution in [0, 0.1) is 17.8 Å². The van der Waals surface area contributed by atoms with Crippen molar-refractivity contribution < 1.29 is 8.42 Å². The summed E-state index contributed by atoms with van der Waals surface area (Å²) in [4.78, 5) is 0.386. The van der Waals surface area contributed by atoms with Crippen LogP contribution in [-0.2, 0) is 9.84 Å². The molecule has 2 aliphatic carbocycles. The zero-order chi connectivity index (χ0) is 15.0. The van der Waals surface area contributed by atoms with E-state index in [4.69, 9.17) is 0 Å². The Bertz CT molecular complexity index is 633. The Labute approximate surface area is 127 Å². The summed E-state index contributed by atoms with van der Waals surface area (Å²) in [7, 11) is -3.10. The smallest absolute Gasteiger partial charge is 0.175 e. The lowest BCUT2D eigenvalue weighted by molar-refractivity contribution is 0.393. The normalized spacial score (nSPS) is 29.0. The molecule has 21 heavy (non-hydrogen) atoms. The molecule has 1 fully saturated rings. The van der Waals surface area contributed by atoms with Crippen LogP contribution in [0.1, 0.15) is 31.4 Å². The van der Waals surface area contributed by atoms with Gasteiger partial charge in [-0.2, -0.15) is 0 Å². The molecule has 4 heteroatoms. The number of hydrogen-bond donors (Lipinski definition) is 1. The Morgan fingerprint density at radius 3 is 2.43 bits per heavy atom. The van der Waals surface area contributed by atoms with Gasteiger partial charge in [-0.15, -0.1) is 0 Å². The number of allylic oxidation sites excluding steroid dienone is 2. The van der Waals surface area contributed by atoms with Crippen molar-refractivity contribution in [3.8, 4) is 0 Å². The molecule has 3 rings (SSSR count). The van der Waals surface area contributed by atoms with Crippen LogP contribution < -0.4 is 5.32 Å². The third-order valence-electron chi connectivity index (χ3n) is 4.91. The zero-order valence-electron chi connectivity index (χ0n) is 12.6. The van der Waals surface area contributed by atoms with Gasteiger partial charge in [0.05, 0.1) is 4.90 Å². The van der Waals surface area contributed by atoms with Gasteiger partial charge < -0.3 is 5.32 Å².